The van der Waals surface area contributed by atoms with Crippen LogP contribution in [0.2, 0.25) is 0 Å². The number of rotatable bonds is 5. The fourth-order valence-corrected chi connectivity index (χ4v) is 3.02. The zero-order valence-electron chi connectivity index (χ0n) is 15.2. The minimum atomic E-state index is 0. The molecule has 0 bridgehead atoms. The summed E-state index contributed by atoms with van der Waals surface area (Å²) in [6, 6.07) is 11.8. The number of fused-ring (bicyclic) bond motifs is 1. The summed E-state index contributed by atoms with van der Waals surface area (Å²) in [6.45, 7) is 9.25. The third-order valence-electron chi connectivity index (χ3n) is 4.97. The quantitative estimate of drug-likeness (QED) is 0.451. The smallest absolute Gasteiger partial charge is 0.150 e. The second-order valence-corrected chi connectivity index (χ2v) is 6.69. The lowest BCUT2D eigenvalue weighted by Gasteiger charge is -2.32. The van der Waals surface area contributed by atoms with Crippen LogP contribution in [0.25, 0.3) is 16.7 Å². The predicted molar refractivity (Wildman–Crippen MR) is 96.2 cm³/mol. The topological polar surface area (TPSA) is 50.9 Å². The van der Waals surface area contributed by atoms with Crippen molar-refractivity contribution in [2.45, 2.75) is 27.3 Å². The largest absolute Gasteiger partial charge is 1.00 e. The Morgan fingerprint density at radius 3 is 2.48 bits per heavy atom. The lowest BCUT2D eigenvalue weighted by Crippen LogP contribution is -3.00. The van der Waals surface area contributed by atoms with Gasteiger partial charge in [-0.2, -0.15) is 0 Å². The summed E-state index contributed by atoms with van der Waals surface area (Å²) in [5, 5.41) is 19.3. The Morgan fingerprint density at radius 1 is 1.12 bits per heavy atom. The maximum absolute atomic E-state index is 10.9. The molecule has 0 saturated carbocycles. The average molecular weight is 452 g/mol. The second kappa shape index (κ2) is 7.70. The number of aromatic hydroxyl groups is 1. The molecule has 2 aromatic carbocycles. The first-order valence-electron chi connectivity index (χ1n) is 8.44. The second-order valence-electron chi connectivity index (χ2n) is 6.69. The number of para-hydroxylation sites is 1. The van der Waals surface area contributed by atoms with Crippen LogP contribution in [0.4, 0.5) is 0 Å². The molecule has 0 aliphatic carbocycles. The number of aromatic nitrogens is 3. The maximum atomic E-state index is 10.9. The first-order chi connectivity index (χ1) is 11.5. The number of hydrogen-bond donors (Lipinski definition) is 1. The fourth-order valence-electron chi connectivity index (χ4n) is 3.02. The number of phenols is 1. The van der Waals surface area contributed by atoms with Crippen LogP contribution in [0.15, 0.2) is 36.4 Å². The summed E-state index contributed by atoms with van der Waals surface area (Å²) in [7, 11) is 2.21. The van der Waals surface area contributed by atoms with Crippen LogP contribution >= 0.6 is 0 Å². The molecule has 0 unspecified atom stereocenters. The normalized spacial score (nSPS) is 11.5. The van der Waals surface area contributed by atoms with E-state index in [0.29, 0.717) is 11.4 Å². The van der Waals surface area contributed by atoms with Crippen LogP contribution in [0.1, 0.15) is 25.0 Å². The number of hydrogen-bond acceptors (Lipinski definition) is 3. The van der Waals surface area contributed by atoms with Gasteiger partial charge in [0.15, 0.2) is 0 Å². The molecule has 0 fully saturated rings. The summed E-state index contributed by atoms with van der Waals surface area (Å²) in [5.74, 6) is 0.294. The molecule has 25 heavy (non-hydrogen) atoms. The minimum absolute atomic E-state index is 0. The number of quaternary nitrogens is 1. The summed E-state index contributed by atoms with van der Waals surface area (Å²) < 4.78 is 2.61. The van der Waals surface area contributed by atoms with Gasteiger partial charge < -0.3 is 33.6 Å². The van der Waals surface area contributed by atoms with Crippen molar-refractivity contribution in [1.82, 2.24) is 15.0 Å². The van der Waals surface area contributed by atoms with Crippen LogP contribution < -0.4 is 24.0 Å². The van der Waals surface area contributed by atoms with E-state index in [0.717, 1.165) is 46.3 Å². The van der Waals surface area contributed by atoms with Gasteiger partial charge in [-0.15, -0.1) is 5.10 Å². The number of nitrogens with zero attached hydrogens (tertiary/aromatic N) is 4. The molecule has 1 heterocycles. The number of phenolic OH excluding ortho intramolecular Hbond substituents is 1. The Hall–Kier alpha value is -1.67. The van der Waals surface area contributed by atoms with Gasteiger partial charge in [-0.3, -0.25) is 0 Å². The van der Waals surface area contributed by atoms with E-state index < -0.39 is 0 Å². The van der Waals surface area contributed by atoms with E-state index in [2.05, 4.69) is 37.3 Å². The molecule has 0 amide bonds. The van der Waals surface area contributed by atoms with Crippen molar-refractivity contribution in [2.75, 3.05) is 20.1 Å². The van der Waals surface area contributed by atoms with Gasteiger partial charge in [-0.1, -0.05) is 17.3 Å². The molecule has 0 radical (unpaired) electrons. The summed E-state index contributed by atoms with van der Waals surface area (Å²) in [5.41, 5.74) is 4.47. The average Bonchev–Trinajstić information content (AvgIpc) is 3.01. The number of benzene rings is 2. The van der Waals surface area contributed by atoms with Gasteiger partial charge in [0.1, 0.15) is 23.5 Å². The summed E-state index contributed by atoms with van der Waals surface area (Å²) in [6.07, 6.45) is 0. The first-order valence-corrected chi connectivity index (χ1v) is 8.44. The molecule has 5 nitrogen and oxygen atoms in total. The summed E-state index contributed by atoms with van der Waals surface area (Å²) >= 11 is 0. The van der Waals surface area contributed by atoms with Gasteiger partial charge in [0.25, 0.3) is 0 Å². The van der Waals surface area contributed by atoms with Crippen molar-refractivity contribution in [3.63, 3.8) is 0 Å². The van der Waals surface area contributed by atoms with Crippen molar-refractivity contribution >= 4 is 11.0 Å². The van der Waals surface area contributed by atoms with Crippen LogP contribution in [0.5, 0.6) is 5.75 Å². The Morgan fingerprint density at radius 2 is 1.80 bits per heavy atom. The summed E-state index contributed by atoms with van der Waals surface area (Å²) in [4.78, 5) is 0. The van der Waals surface area contributed by atoms with Crippen molar-refractivity contribution in [2.24, 2.45) is 0 Å². The lowest BCUT2D eigenvalue weighted by molar-refractivity contribution is -0.919. The van der Waals surface area contributed by atoms with E-state index >= 15 is 0 Å². The number of aryl methyl sites for hydroxylation is 1. The number of halogens is 1. The van der Waals surface area contributed by atoms with Crippen molar-refractivity contribution in [3.8, 4) is 11.4 Å². The van der Waals surface area contributed by atoms with Crippen molar-refractivity contribution in [3.05, 3.63) is 47.5 Å². The van der Waals surface area contributed by atoms with Gasteiger partial charge in [0.2, 0.25) is 0 Å². The van der Waals surface area contributed by atoms with Gasteiger partial charge in [0, 0.05) is 0 Å². The highest BCUT2D eigenvalue weighted by Crippen LogP contribution is 2.31. The lowest BCUT2D eigenvalue weighted by atomic mass is 10.1. The molecule has 0 saturated heterocycles. The minimum Gasteiger partial charge on any atom is -1.00 e. The third-order valence-corrected chi connectivity index (χ3v) is 4.97. The van der Waals surface area contributed by atoms with Crippen LogP contribution in [0.3, 0.4) is 0 Å². The van der Waals surface area contributed by atoms with Gasteiger partial charge in [-0.05, 0) is 50.6 Å². The zero-order chi connectivity index (χ0) is 17.3. The van der Waals surface area contributed by atoms with Crippen LogP contribution in [-0.2, 0) is 6.54 Å². The SMILES string of the molecule is CC[N+](C)(CC)Cc1cc(C)cc(-n2nnc3ccccc32)c1O.[I-]. The Labute approximate surface area is 165 Å². The Bertz CT molecular complexity index is 871. The molecule has 0 atom stereocenters. The molecule has 1 N–H and O–H groups in total. The zero-order valence-corrected chi connectivity index (χ0v) is 17.4. The highest BCUT2D eigenvalue weighted by Gasteiger charge is 2.22. The van der Waals surface area contributed by atoms with Gasteiger partial charge >= 0.3 is 0 Å². The molecule has 134 valence electrons. The highest BCUT2D eigenvalue weighted by molar-refractivity contribution is 5.76. The van der Waals surface area contributed by atoms with E-state index in [9.17, 15) is 5.11 Å². The molecule has 0 aliphatic heterocycles. The Balaban J connectivity index is 0.00000225. The molecule has 3 rings (SSSR count). The van der Waals surface area contributed by atoms with E-state index in [1.54, 1.807) is 4.68 Å². The van der Waals surface area contributed by atoms with Crippen LogP contribution in [-0.4, -0.2) is 44.7 Å². The van der Waals surface area contributed by atoms with Crippen molar-refractivity contribution in [1.29, 1.82) is 0 Å². The predicted octanol–water partition coefficient (Wildman–Crippen LogP) is 0.425. The standard InChI is InChI=1S/C19H24N4O.HI/c1-5-23(4,6-2)13-15-11-14(3)12-18(19(15)24)22-17-10-8-7-9-16(17)20-21-22;/h7-12H,5-6,13H2,1-4H3;1H. The maximum Gasteiger partial charge on any atom is 0.150 e. The van der Waals surface area contributed by atoms with E-state index in [1.807, 2.05) is 37.3 Å². The van der Waals surface area contributed by atoms with E-state index in [4.69, 9.17) is 0 Å². The molecule has 6 heteroatoms. The van der Waals surface area contributed by atoms with Crippen molar-refractivity contribution < 1.29 is 33.6 Å². The van der Waals surface area contributed by atoms with Gasteiger partial charge in [-0.25, -0.2) is 4.68 Å². The molecular formula is C19H25IN4O. The third kappa shape index (κ3) is 3.79. The van der Waals surface area contributed by atoms with E-state index in [-0.39, 0.29) is 24.0 Å². The fraction of sp³-hybridized carbons (Fsp3) is 0.368. The van der Waals surface area contributed by atoms with E-state index in [1.165, 1.54) is 0 Å². The molecule has 0 aliphatic rings. The van der Waals surface area contributed by atoms with Crippen LogP contribution in [0, 0.1) is 6.92 Å². The molecule has 1 aromatic heterocycles. The highest BCUT2D eigenvalue weighted by atomic mass is 127. The molecular weight excluding hydrogens is 427 g/mol. The molecule has 3 aromatic rings. The Kier molecular flexibility index (Phi) is 6.05. The molecule has 0 spiro atoms. The van der Waals surface area contributed by atoms with Gasteiger partial charge in [0.05, 0.1) is 31.2 Å². The monoisotopic (exact) mass is 452 g/mol. The first kappa shape index (κ1) is 19.7.